The fraction of sp³-hybridized carbons (Fsp3) is 0.708. The molecule has 5 aliphatic rings. The van der Waals surface area contributed by atoms with Gasteiger partial charge in [0.05, 0.1) is 5.69 Å². The zero-order valence-corrected chi connectivity index (χ0v) is 20.3. The van der Waals surface area contributed by atoms with Crippen LogP contribution in [0.15, 0.2) is 10.4 Å². The number of aryl methyl sites for hydroxylation is 1. The summed E-state index contributed by atoms with van der Waals surface area (Å²) in [6, 6.07) is -0.0473. The molecule has 0 bridgehead atoms. The molecule has 0 amide bonds. The van der Waals surface area contributed by atoms with Gasteiger partial charge in [0.25, 0.3) is 0 Å². The zero-order chi connectivity index (χ0) is 23.0. The molecule has 8 nitrogen and oxygen atoms in total. The molecule has 5 N–H and O–H groups in total. The highest BCUT2D eigenvalue weighted by Gasteiger charge is 2.70. The lowest BCUT2D eigenvalue weighted by atomic mass is 9.70. The Labute approximate surface area is 203 Å². The van der Waals surface area contributed by atoms with Crippen molar-refractivity contribution in [1.82, 2.24) is 25.4 Å². The first-order valence-electron chi connectivity index (χ1n) is 12.7. The summed E-state index contributed by atoms with van der Waals surface area (Å²) in [6.45, 7) is 5.56. The first-order chi connectivity index (χ1) is 16.6. The topological polar surface area (TPSA) is 107 Å². The van der Waals surface area contributed by atoms with Gasteiger partial charge in [0, 0.05) is 54.3 Å². The molecule has 182 valence electrons. The highest BCUT2D eigenvalue weighted by molar-refractivity contribution is 7.09. The van der Waals surface area contributed by atoms with E-state index in [0.717, 1.165) is 61.8 Å². The molecule has 0 radical (unpaired) electrons. The predicted molar refractivity (Wildman–Crippen MR) is 132 cm³/mol. The van der Waals surface area contributed by atoms with E-state index in [1.807, 2.05) is 6.21 Å². The van der Waals surface area contributed by atoms with Gasteiger partial charge in [-0.05, 0) is 50.5 Å². The van der Waals surface area contributed by atoms with Crippen LogP contribution in [0.2, 0.25) is 0 Å². The summed E-state index contributed by atoms with van der Waals surface area (Å²) in [5.74, 6) is 2.56. The Kier molecular flexibility index (Phi) is 4.92. The number of aromatic nitrogens is 3. The van der Waals surface area contributed by atoms with E-state index in [2.05, 4.69) is 32.9 Å². The van der Waals surface area contributed by atoms with Crippen molar-refractivity contribution < 1.29 is 4.39 Å². The molecule has 5 heterocycles. The van der Waals surface area contributed by atoms with Gasteiger partial charge in [-0.3, -0.25) is 15.0 Å². The third-order valence-electron chi connectivity index (χ3n) is 9.29. The van der Waals surface area contributed by atoms with Crippen molar-refractivity contribution in [3.63, 3.8) is 0 Å². The van der Waals surface area contributed by atoms with Crippen LogP contribution in [0.4, 0.5) is 15.9 Å². The van der Waals surface area contributed by atoms with E-state index in [1.165, 1.54) is 5.01 Å². The second-order valence-corrected chi connectivity index (χ2v) is 11.7. The van der Waals surface area contributed by atoms with E-state index in [-0.39, 0.29) is 23.5 Å². The van der Waals surface area contributed by atoms with E-state index in [1.54, 1.807) is 11.3 Å². The van der Waals surface area contributed by atoms with Gasteiger partial charge in [-0.25, -0.2) is 9.37 Å². The lowest BCUT2D eigenvalue weighted by Crippen LogP contribution is -2.52. The van der Waals surface area contributed by atoms with Crippen molar-refractivity contribution in [3.05, 3.63) is 21.8 Å². The molecule has 34 heavy (non-hydrogen) atoms. The number of piperidine rings is 2. The molecule has 2 aromatic rings. The van der Waals surface area contributed by atoms with Gasteiger partial charge >= 0.3 is 0 Å². The molecule has 3 aliphatic heterocycles. The third-order valence-corrected chi connectivity index (χ3v) is 10.4. The maximum absolute atomic E-state index is 14.6. The van der Waals surface area contributed by atoms with Gasteiger partial charge < -0.3 is 16.4 Å². The van der Waals surface area contributed by atoms with E-state index in [9.17, 15) is 4.39 Å². The molecular formula is C24H33FN8S. The number of nitrogens with zero attached hydrogens (tertiary/aromatic N) is 4. The van der Waals surface area contributed by atoms with Crippen LogP contribution in [-0.4, -0.2) is 70.9 Å². The Morgan fingerprint density at radius 1 is 1.26 bits per heavy atom. The number of H-pyrrole nitrogens is 1. The van der Waals surface area contributed by atoms with Crippen molar-refractivity contribution in [3.8, 4) is 0 Å². The zero-order valence-electron chi connectivity index (χ0n) is 19.5. The lowest BCUT2D eigenvalue weighted by Gasteiger charge is -2.43. The minimum Gasteiger partial charge on any atom is -0.348 e. The van der Waals surface area contributed by atoms with Crippen molar-refractivity contribution in [2.75, 3.05) is 31.5 Å². The molecule has 2 saturated carbocycles. The van der Waals surface area contributed by atoms with Crippen LogP contribution in [0.1, 0.15) is 48.0 Å². The molecule has 2 aromatic heterocycles. The molecule has 7 rings (SSSR count). The highest BCUT2D eigenvalue weighted by atomic mass is 32.1. The first-order valence-corrected chi connectivity index (χ1v) is 13.6. The number of halogens is 1. The smallest absolute Gasteiger partial charge is 0.149 e. The molecule has 0 spiro atoms. The van der Waals surface area contributed by atoms with Gasteiger partial charge in [-0.2, -0.15) is 5.10 Å². The van der Waals surface area contributed by atoms with E-state index in [4.69, 9.17) is 20.8 Å². The molecule has 2 aliphatic carbocycles. The summed E-state index contributed by atoms with van der Waals surface area (Å²) >= 11 is 1.76. The van der Waals surface area contributed by atoms with Gasteiger partial charge in [0.2, 0.25) is 0 Å². The SMILES string of the molecule is Cc1csc([C@]2(CN)[C@@H]3CN(C4C=Nc5c(C6CCNC7C(F)CCCC67)n[nH]c5N4)C[C@@H]32)n1. The largest absolute Gasteiger partial charge is 0.348 e. The standard InChI is InChI=1S/C24H33FN8S/c1-12-10-34-23(29-12)24(11-26)15-8-33(9-16(15)24)18-7-28-21-20(31-32-22(21)30-18)14-5-6-27-19-13(14)3-2-4-17(19)25/h7,10,13-19,27H,2-6,8-9,11,26H2,1H3,(H2,30,31,32)/t13?,14?,15-,16+,17?,18?,19?,24-. The molecule has 4 fully saturated rings. The number of aromatic amines is 1. The summed E-state index contributed by atoms with van der Waals surface area (Å²) in [7, 11) is 0. The fourth-order valence-electron chi connectivity index (χ4n) is 7.49. The van der Waals surface area contributed by atoms with Crippen molar-refractivity contribution >= 4 is 29.1 Å². The van der Waals surface area contributed by atoms with Crippen LogP contribution < -0.4 is 16.4 Å². The molecule has 8 atom stereocenters. The molecule has 0 aromatic carbocycles. The maximum atomic E-state index is 14.6. The second kappa shape index (κ2) is 7.81. The van der Waals surface area contributed by atoms with Gasteiger partial charge in [-0.1, -0.05) is 6.42 Å². The number of rotatable bonds is 4. The van der Waals surface area contributed by atoms with E-state index in [0.29, 0.717) is 30.7 Å². The number of hydrogen-bond acceptors (Lipinski definition) is 8. The average Bonchev–Trinajstić information content (AvgIpc) is 3.34. The number of nitrogens with two attached hydrogens (primary N) is 1. The van der Waals surface area contributed by atoms with Crippen LogP contribution in [0.3, 0.4) is 0 Å². The second-order valence-electron chi connectivity index (χ2n) is 10.9. The number of thiazole rings is 1. The Balaban J connectivity index is 1.06. The van der Waals surface area contributed by atoms with Gasteiger partial charge in [0.15, 0.2) is 0 Å². The lowest BCUT2D eigenvalue weighted by molar-refractivity contribution is 0.0928. The van der Waals surface area contributed by atoms with Crippen LogP contribution in [0.5, 0.6) is 0 Å². The number of aliphatic imine (C=N–C) groups is 1. The van der Waals surface area contributed by atoms with E-state index >= 15 is 0 Å². The van der Waals surface area contributed by atoms with Crippen LogP contribution in [-0.2, 0) is 5.41 Å². The fourth-order valence-corrected chi connectivity index (χ4v) is 8.63. The monoisotopic (exact) mass is 484 g/mol. The first kappa shape index (κ1) is 21.4. The third kappa shape index (κ3) is 3.01. The Hall–Kier alpha value is -1.88. The Morgan fingerprint density at radius 3 is 2.88 bits per heavy atom. The summed E-state index contributed by atoms with van der Waals surface area (Å²) in [4.78, 5) is 12.1. The molecule has 10 heteroatoms. The van der Waals surface area contributed by atoms with E-state index < -0.39 is 6.17 Å². The van der Waals surface area contributed by atoms with Crippen molar-refractivity contribution in [2.24, 2.45) is 28.5 Å². The highest BCUT2D eigenvalue weighted by Crippen LogP contribution is 2.63. The molecule has 5 unspecified atom stereocenters. The van der Waals surface area contributed by atoms with Crippen LogP contribution >= 0.6 is 11.3 Å². The van der Waals surface area contributed by atoms with Crippen molar-refractivity contribution in [2.45, 2.75) is 62.3 Å². The Bertz CT molecular complexity index is 1100. The predicted octanol–water partition coefficient (Wildman–Crippen LogP) is 2.67. The number of alkyl halides is 1. The quantitative estimate of drug-likeness (QED) is 0.532. The summed E-state index contributed by atoms with van der Waals surface area (Å²) < 4.78 is 14.6. The number of hydrogen-bond donors (Lipinski definition) is 4. The number of fused-ring (bicyclic) bond motifs is 3. The summed E-state index contributed by atoms with van der Waals surface area (Å²) in [5, 5.41) is 18.3. The van der Waals surface area contributed by atoms with Crippen LogP contribution in [0, 0.1) is 24.7 Å². The number of likely N-dealkylation sites (tertiary alicyclic amines) is 1. The summed E-state index contributed by atoms with van der Waals surface area (Å²) in [6.07, 6.45) is 5.00. The number of nitrogens with one attached hydrogen (secondary N) is 3. The van der Waals surface area contributed by atoms with Crippen molar-refractivity contribution in [1.29, 1.82) is 0 Å². The maximum Gasteiger partial charge on any atom is 0.149 e. The normalized spacial score (nSPS) is 41.0. The average molecular weight is 485 g/mol. The van der Waals surface area contributed by atoms with Crippen LogP contribution in [0.25, 0.3) is 0 Å². The Morgan fingerprint density at radius 2 is 2.12 bits per heavy atom. The summed E-state index contributed by atoms with van der Waals surface area (Å²) in [5.41, 5.74) is 9.36. The minimum atomic E-state index is -0.752. The minimum absolute atomic E-state index is 0.0473. The molecular weight excluding hydrogens is 451 g/mol. The number of anilines is 1. The van der Waals surface area contributed by atoms with Gasteiger partial charge in [-0.15, -0.1) is 11.3 Å². The molecule has 2 saturated heterocycles. The van der Waals surface area contributed by atoms with Gasteiger partial charge in [0.1, 0.15) is 28.9 Å².